The third-order valence-corrected chi connectivity index (χ3v) is 2.72. The van der Waals surface area contributed by atoms with Gasteiger partial charge in [-0.15, -0.1) is 0 Å². The van der Waals surface area contributed by atoms with Crippen molar-refractivity contribution in [3.63, 3.8) is 0 Å². The number of ether oxygens (including phenoxy) is 1. The molecule has 0 atom stereocenters. The maximum Gasteiger partial charge on any atom is 0.283 e. The molecule has 0 N–H and O–H groups in total. The van der Waals surface area contributed by atoms with Gasteiger partial charge in [0, 0.05) is 17.5 Å². The Morgan fingerprint density at radius 2 is 1.69 bits per heavy atom. The van der Waals surface area contributed by atoms with Crippen LogP contribution in [-0.2, 0) is 0 Å². The second-order valence-corrected chi connectivity index (χ2v) is 5.02. The molecule has 0 spiro atoms. The van der Waals surface area contributed by atoms with Crippen LogP contribution in [0.3, 0.4) is 0 Å². The van der Waals surface area contributed by atoms with E-state index in [1.807, 2.05) is 0 Å². The van der Waals surface area contributed by atoms with Gasteiger partial charge in [0.15, 0.2) is 5.60 Å². The van der Waals surface area contributed by atoms with Gasteiger partial charge < -0.3 is 4.74 Å². The van der Waals surface area contributed by atoms with E-state index >= 15 is 0 Å². The molecule has 5 heteroatoms. The molecule has 1 aromatic rings. The van der Waals surface area contributed by atoms with Gasteiger partial charge in [0.1, 0.15) is 11.6 Å². The molecule has 0 saturated heterocycles. The van der Waals surface area contributed by atoms with Crippen molar-refractivity contribution in [3.05, 3.63) is 28.5 Å². The molecule has 0 aliphatic carbocycles. The lowest BCUT2D eigenvalue weighted by molar-refractivity contribution is -0.133. The van der Waals surface area contributed by atoms with Crippen LogP contribution >= 0.6 is 15.9 Å². The minimum Gasteiger partial charge on any atom is -0.481 e. The number of rotatable bonds is 3. The molecule has 1 nitrogen and oxygen atoms in total. The molecule has 0 bridgehead atoms. The molecule has 1 aromatic carbocycles. The molecule has 0 aliphatic heterocycles. The third kappa shape index (κ3) is 3.14. The standard InChI is InChI=1S/C11H12BrF3O/c1-10(2,11(3,14)15)16-9-5-7(12)4-8(13)6-9/h4-6H,1-3H3. The van der Waals surface area contributed by atoms with E-state index in [0.29, 0.717) is 4.47 Å². The van der Waals surface area contributed by atoms with Crippen molar-refractivity contribution in [3.8, 4) is 5.75 Å². The topological polar surface area (TPSA) is 9.23 Å². The van der Waals surface area contributed by atoms with Crippen LogP contribution in [0.25, 0.3) is 0 Å². The highest BCUT2D eigenvalue weighted by Gasteiger charge is 2.44. The Bertz CT molecular complexity index is 365. The fourth-order valence-electron chi connectivity index (χ4n) is 0.972. The van der Waals surface area contributed by atoms with Gasteiger partial charge in [0.25, 0.3) is 5.92 Å². The van der Waals surface area contributed by atoms with Gasteiger partial charge in [-0.3, -0.25) is 0 Å². The number of benzene rings is 1. The predicted molar refractivity (Wildman–Crippen MR) is 59.4 cm³/mol. The van der Waals surface area contributed by atoms with Crippen molar-refractivity contribution >= 4 is 15.9 Å². The Hall–Kier alpha value is -0.710. The molecular formula is C11H12BrF3O. The Labute approximate surface area is 101 Å². The summed E-state index contributed by atoms with van der Waals surface area (Å²) < 4.78 is 44.9. The van der Waals surface area contributed by atoms with Gasteiger partial charge in [0.2, 0.25) is 0 Å². The highest BCUT2D eigenvalue weighted by atomic mass is 79.9. The number of halogens is 4. The number of alkyl halides is 2. The van der Waals surface area contributed by atoms with Crippen molar-refractivity contribution in [2.45, 2.75) is 32.3 Å². The number of hydrogen-bond donors (Lipinski definition) is 0. The summed E-state index contributed by atoms with van der Waals surface area (Å²) in [4.78, 5) is 0. The monoisotopic (exact) mass is 296 g/mol. The maximum absolute atomic E-state index is 13.2. The van der Waals surface area contributed by atoms with E-state index in [-0.39, 0.29) is 5.75 Å². The predicted octanol–water partition coefficient (Wildman–Crippen LogP) is 4.40. The first-order valence-electron chi connectivity index (χ1n) is 4.65. The van der Waals surface area contributed by atoms with Crippen LogP contribution in [0.4, 0.5) is 13.2 Å². The van der Waals surface area contributed by atoms with Crippen LogP contribution in [0.15, 0.2) is 22.7 Å². The van der Waals surface area contributed by atoms with Crippen molar-refractivity contribution < 1.29 is 17.9 Å². The zero-order valence-electron chi connectivity index (χ0n) is 9.15. The van der Waals surface area contributed by atoms with Gasteiger partial charge >= 0.3 is 0 Å². The minimum atomic E-state index is -3.02. The first-order chi connectivity index (χ1) is 7.12. The first kappa shape index (κ1) is 13.4. The summed E-state index contributed by atoms with van der Waals surface area (Å²) in [7, 11) is 0. The van der Waals surface area contributed by atoms with Gasteiger partial charge in [-0.05, 0) is 26.0 Å². The lowest BCUT2D eigenvalue weighted by Gasteiger charge is -2.32. The highest BCUT2D eigenvalue weighted by Crippen LogP contribution is 2.33. The second kappa shape index (κ2) is 4.28. The molecule has 0 aromatic heterocycles. The van der Waals surface area contributed by atoms with Crippen molar-refractivity contribution in [2.24, 2.45) is 0 Å². The van der Waals surface area contributed by atoms with E-state index in [2.05, 4.69) is 15.9 Å². The first-order valence-corrected chi connectivity index (χ1v) is 5.44. The fourth-order valence-corrected chi connectivity index (χ4v) is 1.42. The van der Waals surface area contributed by atoms with E-state index in [0.717, 1.165) is 13.0 Å². The summed E-state index contributed by atoms with van der Waals surface area (Å²) in [6.45, 7) is 3.28. The van der Waals surface area contributed by atoms with Crippen molar-refractivity contribution in [1.82, 2.24) is 0 Å². The third-order valence-electron chi connectivity index (χ3n) is 2.27. The van der Waals surface area contributed by atoms with Crippen LogP contribution in [0.5, 0.6) is 5.75 Å². The SMILES string of the molecule is CC(F)(F)C(C)(C)Oc1cc(F)cc(Br)c1. The van der Waals surface area contributed by atoms with Crippen LogP contribution in [0.1, 0.15) is 20.8 Å². The van der Waals surface area contributed by atoms with Gasteiger partial charge in [-0.1, -0.05) is 15.9 Å². The zero-order chi connectivity index (χ0) is 12.6. The van der Waals surface area contributed by atoms with Crippen LogP contribution < -0.4 is 4.74 Å². The second-order valence-electron chi connectivity index (χ2n) is 4.11. The lowest BCUT2D eigenvalue weighted by Crippen LogP contribution is -2.45. The largest absolute Gasteiger partial charge is 0.481 e. The smallest absolute Gasteiger partial charge is 0.283 e. The summed E-state index contributed by atoms with van der Waals surface area (Å²) in [5, 5.41) is 0. The van der Waals surface area contributed by atoms with E-state index in [9.17, 15) is 13.2 Å². The van der Waals surface area contributed by atoms with E-state index in [4.69, 9.17) is 4.74 Å². The summed E-state index contributed by atoms with van der Waals surface area (Å²) >= 11 is 3.06. The van der Waals surface area contributed by atoms with Crippen molar-refractivity contribution in [1.29, 1.82) is 0 Å². The Balaban J connectivity index is 2.96. The quantitative estimate of drug-likeness (QED) is 0.803. The maximum atomic E-state index is 13.2. The van der Waals surface area contributed by atoms with Crippen LogP contribution in [0, 0.1) is 5.82 Å². The molecule has 0 unspecified atom stereocenters. The van der Waals surface area contributed by atoms with Gasteiger partial charge in [-0.2, -0.15) is 0 Å². The molecule has 0 amide bonds. The molecule has 90 valence electrons. The average Bonchev–Trinajstić information content (AvgIpc) is 1.97. The van der Waals surface area contributed by atoms with Gasteiger partial charge in [0.05, 0.1) is 0 Å². The molecule has 0 radical (unpaired) electrons. The van der Waals surface area contributed by atoms with Crippen molar-refractivity contribution in [2.75, 3.05) is 0 Å². The fraction of sp³-hybridized carbons (Fsp3) is 0.455. The Morgan fingerprint density at radius 3 is 2.12 bits per heavy atom. The molecule has 0 fully saturated rings. The van der Waals surface area contributed by atoms with Crippen LogP contribution in [-0.4, -0.2) is 11.5 Å². The molecule has 1 rings (SSSR count). The van der Waals surface area contributed by atoms with Crippen LogP contribution in [0.2, 0.25) is 0 Å². The average molecular weight is 297 g/mol. The molecular weight excluding hydrogens is 285 g/mol. The molecule has 16 heavy (non-hydrogen) atoms. The zero-order valence-corrected chi connectivity index (χ0v) is 10.7. The van der Waals surface area contributed by atoms with E-state index in [1.165, 1.54) is 26.0 Å². The Morgan fingerprint density at radius 1 is 1.12 bits per heavy atom. The normalized spacial score (nSPS) is 12.7. The van der Waals surface area contributed by atoms with E-state index < -0.39 is 17.3 Å². The molecule has 0 heterocycles. The lowest BCUT2D eigenvalue weighted by atomic mass is 10.0. The van der Waals surface area contributed by atoms with Gasteiger partial charge in [-0.25, -0.2) is 13.2 Å². The highest BCUT2D eigenvalue weighted by molar-refractivity contribution is 9.10. The summed E-state index contributed by atoms with van der Waals surface area (Å²) in [6, 6.07) is 3.73. The Kier molecular flexibility index (Phi) is 3.57. The molecule has 0 aliphatic rings. The molecule has 0 saturated carbocycles. The summed E-state index contributed by atoms with van der Waals surface area (Å²) in [5.41, 5.74) is -1.69. The summed E-state index contributed by atoms with van der Waals surface area (Å²) in [5.74, 6) is -3.50. The summed E-state index contributed by atoms with van der Waals surface area (Å²) in [6.07, 6.45) is 0. The minimum absolute atomic E-state index is 0.0680. The van der Waals surface area contributed by atoms with E-state index in [1.54, 1.807) is 0 Å². The number of hydrogen-bond acceptors (Lipinski definition) is 1.